The van der Waals surface area contributed by atoms with Crippen LogP contribution in [0.3, 0.4) is 0 Å². The maximum Gasteiger partial charge on any atom is 0.336 e. The van der Waals surface area contributed by atoms with Crippen molar-refractivity contribution in [1.29, 1.82) is 0 Å². The van der Waals surface area contributed by atoms with Crippen LogP contribution in [0.2, 0.25) is 0 Å². The van der Waals surface area contributed by atoms with Crippen LogP contribution in [0.15, 0.2) is 50.7 Å². The highest BCUT2D eigenvalue weighted by Gasteiger charge is 2.19. The molecule has 0 aliphatic heterocycles. The molecule has 2 rings (SSSR count). The number of carbonyl (C=O) groups excluding carboxylic acids is 1. The average Bonchev–Trinajstić information content (AvgIpc) is 2.55. The van der Waals surface area contributed by atoms with Crippen molar-refractivity contribution in [2.45, 2.75) is 23.3 Å². The summed E-state index contributed by atoms with van der Waals surface area (Å²) in [6.45, 7) is 1.18. The molecule has 0 radical (unpaired) electrons. The van der Waals surface area contributed by atoms with Crippen molar-refractivity contribution in [2.24, 2.45) is 0 Å². The van der Waals surface area contributed by atoms with E-state index in [0.29, 0.717) is 19.8 Å². The SMILES string of the molecule is CC(=O)OCc1ccc(Sc2ccc(Br)cc2C(=O)O)c([N+](=O)[O-])c1. The molecule has 2 aromatic carbocycles. The van der Waals surface area contributed by atoms with Crippen molar-refractivity contribution in [2.75, 3.05) is 0 Å². The van der Waals surface area contributed by atoms with E-state index in [4.69, 9.17) is 4.74 Å². The topological polar surface area (TPSA) is 107 Å². The molecule has 0 spiro atoms. The second-order valence-electron chi connectivity index (χ2n) is 4.89. The first kappa shape index (κ1) is 18.9. The third-order valence-corrected chi connectivity index (χ3v) is 4.69. The number of carboxylic acids is 1. The van der Waals surface area contributed by atoms with E-state index in [1.165, 1.54) is 25.1 Å². The van der Waals surface area contributed by atoms with Gasteiger partial charge >= 0.3 is 11.9 Å². The molecule has 9 heteroatoms. The summed E-state index contributed by atoms with van der Waals surface area (Å²) in [7, 11) is 0. The molecule has 25 heavy (non-hydrogen) atoms. The summed E-state index contributed by atoms with van der Waals surface area (Å²) >= 11 is 4.19. The van der Waals surface area contributed by atoms with Gasteiger partial charge in [0.05, 0.1) is 15.4 Å². The number of carbonyl (C=O) groups is 2. The monoisotopic (exact) mass is 425 g/mol. The van der Waals surface area contributed by atoms with Crippen LogP contribution in [0.4, 0.5) is 5.69 Å². The summed E-state index contributed by atoms with van der Waals surface area (Å²) in [6, 6.07) is 9.09. The first-order valence-corrected chi connectivity index (χ1v) is 8.50. The smallest absolute Gasteiger partial charge is 0.336 e. The number of rotatable bonds is 6. The lowest BCUT2D eigenvalue weighted by Crippen LogP contribution is -2.01. The Kier molecular flexibility index (Phi) is 6.16. The van der Waals surface area contributed by atoms with E-state index in [9.17, 15) is 24.8 Å². The number of benzene rings is 2. The molecule has 0 heterocycles. The van der Waals surface area contributed by atoms with E-state index in [1.54, 1.807) is 18.2 Å². The fourth-order valence-corrected chi connectivity index (χ4v) is 3.31. The Morgan fingerprint density at radius 3 is 2.52 bits per heavy atom. The van der Waals surface area contributed by atoms with Crippen molar-refractivity contribution in [3.63, 3.8) is 0 Å². The van der Waals surface area contributed by atoms with Crippen LogP contribution in [0.5, 0.6) is 0 Å². The van der Waals surface area contributed by atoms with Gasteiger partial charge in [-0.25, -0.2) is 4.79 Å². The van der Waals surface area contributed by atoms with Gasteiger partial charge in [-0.1, -0.05) is 33.8 Å². The number of ether oxygens (including phenoxy) is 1. The van der Waals surface area contributed by atoms with Crippen molar-refractivity contribution in [3.05, 3.63) is 62.1 Å². The molecule has 0 saturated carbocycles. The number of aromatic carboxylic acids is 1. The quantitative estimate of drug-likeness (QED) is 0.418. The zero-order chi connectivity index (χ0) is 18.6. The molecule has 0 unspecified atom stereocenters. The summed E-state index contributed by atoms with van der Waals surface area (Å²) in [5.74, 6) is -1.61. The van der Waals surface area contributed by atoms with E-state index >= 15 is 0 Å². The number of hydrogen-bond acceptors (Lipinski definition) is 6. The van der Waals surface area contributed by atoms with Gasteiger partial charge in [0, 0.05) is 22.4 Å². The van der Waals surface area contributed by atoms with Gasteiger partial charge in [-0.2, -0.15) is 0 Å². The first-order chi connectivity index (χ1) is 11.8. The van der Waals surface area contributed by atoms with Gasteiger partial charge in [0.1, 0.15) is 6.61 Å². The minimum Gasteiger partial charge on any atom is -0.478 e. The van der Waals surface area contributed by atoms with Crippen LogP contribution >= 0.6 is 27.7 Å². The normalized spacial score (nSPS) is 10.3. The summed E-state index contributed by atoms with van der Waals surface area (Å²) in [6.07, 6.45) is 0. The number of hydrogen-bond donors (Lipinski definition) is 1. The Morgan fingerprint density at radius 2 is 1.92 bits per heavy atom. The van der Waals surface area contributed by atoms with Gasteiger partial charge < -0.3 is 9.84 Å². The molecule has 130 valence electrons. The van der Waals surface area contributed by atoms with Crippen molar-refractivity contribution < 1.29 is 24.4 Å². The molecule has 7 nitrogen and oxygen atoms in total. The van der Waals surface area contributed by atoms with E-state index in [2.05, 4.69) is 15.9 Å². The second kappa shape index (κ2) is 8.13. The number of halogens is 1. The van der Waals surface area contributed by atoms with E-state index in [-0.39, 0.29) is 17.9 Å². The largest absolute Gasteiger partial charge is 0.478 e. The molecular formula is C16H12BrNO6S. The molecule has 0 amide bonds. The number of esters is 1. The Hall–Kier alpha value is -2.39. The Morgan fingerprint density at radius 1 is 1.24 bits per heavy atom. The summed E-state index contributed by atoms with van der Waals surface area (Å²) in [5, 5.41) is 20.6. The third-order valence-electron chi connectivity index (χ3n) is 3.05. The second-order valence-corrected chi connectivity index (χ2v) is 6.89. The lowest BCUT2D eigenvalue weighted by atomic mass is 10.2. The number of nitro benzene ring substituents is 1. The van der Waals surface area contributed by atoms with Gasteiger partial charge in [0.2, 0.25) is 0 Å². The van der Waals surface area contributed by atoms with E-state index < -0.39 is 16.9 Å². The van der Waals surface area contributed by atoms with Gasteiger partial charge in [-0.05, 0) is 29.8 Å². The highest BCUT2D eigenvalue weighted by atomic mass is 79.9. The van der Waals surface area contributed by atoms with Crippen LogP contribution in [0, 0.1) is 10.1 Å². The molecule has 0 aliphatic carbocycles. The van der Waals surface area contributed by atoms with Crippen LogP contribution in [-0.2, 0) is 16.1 Å². The predicted octanol–water partition coefficient (Wildman–Crippen LogP) is 4.27. The zero-order valence-electron chi connectivity index (χ0n) is 12.9. The molecule has 0 aromatic heterocycles. The molecule has 0 atom stereocenters. The Bertz CT molecular complexity index is 855. The lowest BCUT2D eigenvalue weighted by Gasteiger charge is -2.08. The molecule has 0 fully saturated rings. The number of nitrogens with zero attached hydrogens (tertiary/aromatic N) is 1. The highest BCUT2D eigenvalue weighted by molar-refractivity contribution is 9.10. The summed E-state index contributed by atoms with van der Waals surface area (Å²) in [4.78, 5) is 33.7. The van der Waals surface area contributed by atoms with Gasteiger partial charge in [-0.15, -0.1) is 0 Å². The van der Waals surface area contributed by atoms with Crippen molar-refractivity contribution >= 4 is 45.3 Å². The van der Waals surface area contributed by atoms with Crippen LogP contribution in [0.1, 0.15) is 22.8 Å². The van der Waals surface area contributed by atoms with Gasteiger partial charge in [0.25, 0.3) is 5.69 Å². The predicted molar refractivity (Wildman–Crippen MR) is 93.8 cm³/mol. The van der Waals surface area contributed by atoms with Crippen LogP contribution in [-0.4, -0.2) is 22.0 Å². The lowest BCUT2D eigenvalue weighted by molar-refractivity contribution is -0.387. The highest BCUT2D eigenvalue weighted by Crippen LogP contribution is 2.38. The van der Waals surface area contributed by atoms with E-state index in [1.807, 2.05) is 0 Å². The molecule has 0 bridgehead atoms. The van der Waals surface area contributed by atoms with Crippen molar-refractivity contribution in [1.82, 2.24) is 0 Å². The molecular weight excluding hydrogens is 414 g/mol. The fourth-order valence-electron chi connectivity index (χ4n) is 1.94. The standard InChI is InChI=1S/C16H12BrNO6S/c1-9(19)24-8-10-2-4-15(13(6-10)18(22)23)25-14-5-3-11(17)7-12(14)16(20)21/h2-7H,8H2,1H3,(H,20,21). The molecule has 1 N–H and O–H groups in total. The van der Waals surface area contributed by atoms with E-state index in [0.717, 1.165) is 11.8 Å². The molecule has 2 aromatic rings. The maximum atomic E-state index is 11.4. The zero-order valence-corrected chi connectivity index (χ0v) is 15.3. The van der Waals surface area contributed by atoms with Crippen LogP contribution in [0.25, 0.3) is 0 Å². The Balaban J connectivity index is 2.38. The average molecular weight is 426 g/mol. The first-order valence-electron chi connectivity index (χ1n) is 6.89. The van der Waals surface area contributed by atoms with Gasteiger partial charge in [-0.3, -0.25) is 14.9 Å². The summed E-state index contributed by atoms with van der Waals surface area (Å²) in [5.41, 5.74) is 0.326. The third kappa shape index (κ3) is 5.04. The van der Waals surface area contributed by atoms with Crippen LogP contribution < -0.4 is 0 Å². The molecule has 0 aliphatic rings. The fraction of sp³-hybridized carbons (Fsp3) is 0.125. The van der Waals surface area contributed by atoms with Gasteiger partial charge in [0.15, 0.2) is 0 Å². The minimum atomic E-state index is -1.13. The molecule has 0 saturated heterocycles. The number of carboxylic acid groups (broad SMARTS) is 1. The number of nitro groups is 1. The Labute approximate surface area is 155 Å². The van der Waals surface area contributed by atoms with Crippen molar-refractivity contribution in [3.8, 4) is 0 Å². The summed E-state index contributed by atoms with van der Waals surface area (Å²) < 4.78 is 5.43. The maximum absolute atomic E-state index is 11.4. The minimum absolute atomic E-state index is 0.0395.